The minimum absolute atomic E-state index is 0.271. The van der Waals surface area contributed by atoms with Gasteiger partial charge in [0.25, 0.3) is 0 Å². The van der Waals surface area contributed by atoms with Gasteiger partial charge in [-0.2, -0.15) is 0 Å². The van der Waals surface area contributed by atoms with Gasteiger partial charge in [0.05, 0.1) is 6.61 Å². The molecule has 1 unspecified atom stereocenters. The van der Waals surface area contributed by atoms with Crippen molar-refractivity contribution < 1.29 is 4.74 Å². The van der Waals surface area contributed by atoms with Crippen molar-refractivity contribution in [2.24, 2.45) is 17.6 Å². The Hall–Kier alpha value is -0.0800. The predicted molar refractivity (Wildman–Crippen MR) is 64.8 cm³/mol. The first kappa shape index (κ1) is 13.0. The van der Waals surface area contributed by atoms with E-state index in [9.17, 15) is 0 Å². The maximum atomic E-state index is 6.13. The molecule has 0 heterocycles. The Morgan fingerprint density at radius 1 is 1.20 bits per heavy atom. The van der Waals surface area contributed by atoms with Crippen LogP contribution in [0, 0.1) is 11.8 Å². The second kappa shape index (κ2) is 7.24. The molecule has 0 radical (unpaired) electrons. The Kier molecular flexibility index (Phi) is 6.26. The highest BCUT2D eigenvalue weighted by molar-refractivity contribution is 4.79. The van der Waals surface area contributed by atoms with Crippen LogP contribution in [0.5, 0.6) is 0 Å². The van der Waals surface area contributed by atoms with Crippen molar-refractivity contribution in [1.29, 1.82) is 0 Å². The molecule has 2 N–H and O–H groups in total. The zero-order valence-corrected chi connectivity index (χ0v) is 10.4. The molecule has 1 rings (SSSR count). The molecule has 1 fully saturated rings. The van der Waals surface area contributed by atoms with E-state index in [1.54, 1.807) is 0 Å². The zero-order valence-electron chi connectivity index (χ0n) is 10.4. The fraction of sp³-hybridized carbons (Fsp3) is 1.00. The molecule has 0 spiro atoms. The third kappa shape index (κ3) is 4.52. The molecule has 90 valence electrons. The van der Waals surface area contributed by atoms with Crippen LogP contribution in [-0.2, 0) is 4.74 Å². The summed E-state index contributed by atoms with van der Waals surface area (Å²) in [6, 6.07) is 0.271. The molecule has 0 saturated heterocycles. The Labute approximate surface area is 94.6 Å². The molecule has 2 heteroatoms. The SMILES string of the molecule is CCCC1CCC(C(N)COCC)CC1. The van der Waals surface area contributed by atoms with Crippen molar-refractivity contribution in [2.45, 2.75) is 58.4 Å². The largest absolute Gasteiger partial charge is 0.380 e. The molecule has 15 heavy (non-hydrogen) atoms. The molecule has 0 aromatic rings. The molecule has 0 bridgehead atoms. The molecule has 0 aromatic heterocycles. The normalized spacial score (nSPS) is 29.0. The second-order valence-corrected chi connectivity index (χ2v) is 4.89. The first-order valence-electron chi connectivity index (χ1n) is 6.61. The van der Waals surface area contributed by atoms with Crippen LogP contribution in [0.1, 0.15) is 52.4 Å². The van der Waals surface area contributed by atoms with Crippen LogP contribution in [0.25, 0.3) is 0 Å². The topological polar surface area (TPSA) is 35.2 Å². The molecule has 1 saturated carbocycles. The Morgan fingerprint density at radius 2 is 1.87 bits per heavy atom. The van der Waals surface area contributed by atoms with E-state index >= 15 is 0 Å². The van der Waals surface area contributed by atoms with Crippen LogP contribution in [0.3, 0.4) is 0 Å². The van der Waals surface area contributed by atoms with Crippen molar-refractivity contribution in [3.63, 3.8) is 0 Å². The number of ether oxygens (including phenoxy) is 1. The van der Waals surface area contributed by atoms with Crippen molar-refractivity contribution >= 4 is 0 Å². The zero-order chi connectivity index (χ0) is 11.1. The summed E-state index contributed by atoms with van der Waals surface area (Å²) in [6.07, 6.45) is 8.15. The van der Waals surface area contributed by atoms with Gasteiger partial charge in [0.1, 0.15) is 0 Å². The fourth-order valence-electron chi connectivity index (χ4n) is 2.70. The van der Waals surface area contributed by atoms with Crippen LogP contribution in [0.2, 0.25) is 0 Å². The van der Waals surface area contributed by atoms with E-state index in [0.717, 1.165) is 19.1 Å². The number of nitrogens with two attached hydrogens (primary N) is 1. The van der Waals surface area contributed by atoms with Gasteiger partial charge in [0.2, 0.25) is 0 Å². The average molecular weight is 213 g/mol. The lowest BCUT2D eigenvalue weighted by Gasteiger charge is -2.31. The standard InChI is InChI=1S/C13H27NO/c1-3-5-11-6-8-12(9-7-11)13(14)10-15-4-2/h11-13H,3-10,14H2,1-2H3. The van der Waals surface area contributed by atoms with Gasteiger partial charge in [0, 0.05) is 12.6 Å². The third-order valence-electron chi connectivity index (χ3n) is 3.71. The highest BCUT2D eigenvalue weighted by Crippen LogP contribution is 2.32. The summed E-state index contributed by atoms with van der Waals surface area (Å²) in [6.45, 7) is 5.86. The quantitative estimate of drug-likeness (QED) is 0.736. The third-order valence-corrected chi connectivity index (χ3v) is 3.71. The van der Waals surface area contributed by atoms with Gasteiger partial charge in [-0.25, -0.2) is 0 Å². The highest BCUT2D eigenvalue weighted by Gasteiger charge is 2.24. The lowest BCUT2D eigenvalue weighted by molar-refractivity contribution is 0.101. The molecule has 1 aliphatic carbocycles. The van der Waals surface area contributed by atoms with Crippen LogP contribution in [0.15, 0.2) is 0 Å². The number of hydrogen-bond acceptors (Lipinski definition) is 2. The van der Waals surface area contributed by atoms with E-state index < -0.39 is 0 Å². The maximum Gasteiger partial charge on any atom is 0.0620 e. The summed E-state index contributed by atoms with van der Waals surface area (Å²) in [4.78, 5) is 0. The summed E-state index contributed by atoms with van der Waals surface area (Å²) in [5, 5.41) is 0. The number of hydrogen-bond donors (Lipinski definition) is 1. The molecule has 1 aliphatic rings. The van der Waals surface area contributed by atoms with E-state index in [4.69, 9.17) is 10.5 Å². The summed E-state index contributed by atoms with van der Waals surface area (Å²) in [5.41, 5.74) is 6.13. The molecular weight excluding hydrogens is 186 g/mol. The molecule has 1 atom stereocenters. The van der Waals surface area contributed by atoms with Crippen molar-refractivity contribution in [3.05, 3.63) is 0 Å². The molecule has 0 aliphatic heterocycles. The molecule has 0 aromatic carbocycles. The van der Waals surface area contributed by atoms with Gasteiger partial charge in [-0.15, -0.1) is 0 Å². The average Bonchev–Trinajstić information content (AvgIpc) is 2.27. The second-order valence-electron chi connectivity index (χ2n) is 4.89. The fourth-order valence-corrected chi connectivity index (χ4v) is 2.70. The minimum atomic E-state index is 0.271. The maximum absolute atomic E-state index is 6.13. The van der Waals surface area contributed by atoms with Gasteiger partial charge in [-0.3, -0.25) is 0 Å². The van der Waals surface area contributed by atoms with Crippen LogP contribution >= 0.6 is 0 Å². The van der Waals surface area contributed by atoms with Gasteiger partial charge >= 0.3 is 0 Å². The summed E-state index contributed by atoms with van der Waals surface area (Å²) < 4.78 is 5.40. The molecule has 2 nitrogen and oxygen atoms in total. The number of rotatable bonds is 6. The molecule has 0 amide bonds. The van der Waals surface area contributed by atoms with E-state index in [0.29, 0.717) is 5.92 Å². The van der Waals surface area contributed by atoms with Crippen molar-refractivity contribution in [3.8, 4) is 0 Å². The Morgan fingerprint density at radius 3 is 2.40 bits per heavy atom. The Bertz CT molecular complexity index is 153. The monoisotopic (exact) mass is 213 g/mol. The minimum Gasteiger partial charge on any atom is -0.380 e. The van der Waals surface area contributed by atoms with Gasteiger partial charge in [-0.05, 0) is 31.6 Å². The van der Waals surface area contributed by atoms with E-state index in [1.807, 2.05) is 6.92 Å². The van der Waals surface area contributed by atoms with Gasteiger partial charge in [0.15, 0.2) is 0 Å². The van der Waals surface area contributed by atoms with Crippen LogP contribution in [0.4, 0.5) is 0 Å². The first-order valence-corrected chi connectivity index (χ1v) is 6.61. The highest BCUT2D eigenvalue weighted by atomic mass is 16.5. The predicted octanol–water partition coefficient (Wildman–Crippen LogP) is 2.96. The first-order chi connectivity index (χ1) is 7.27. The van der Waals surface area contributed by atoms with Crippen LogP contribution in [-0.4, -0.2) is 19.3 Å². The van der Waals surface area contributed by atoms with Crippen LogP contribution < -0.4 is 5.73 Å². The Balaban J connectivity index is 2.18. The summed E-state index contributed by atoms with van der Waals surface area (Å²) >= 11 is 0. The van der Waals surface area contributed by atoms with E-state index in [-0.39, 0.29) is 6.04 Å². The lowest BCUT2D eigenvalue weighted by Crippen LogP contribution is -2.37. The van der Waals surface area contributed by atoms with Gasteiger partial charge in [-0.1, -0.05) is 32.6 Å². The smallest absolute Gasteiger partial charge is 0.0620 e. The van der Waals surface area contributed by atoms with E-state index in [1.165, 1.54) is 38.5 Å². The summed E-state index contributed by atoms with van der Waals surface area (Å²) in [7, 11) is 0. The lowest BCUT2D eigenvalue weighted by atomic mass is 9.77. The molecular formula is C13H27NO. The van der Waals surface area contributed by atoms with Crippen molar-refractivity contribution in [1.82, 2.24) is 0 Å². The summed E-state index contributed by atoms with van der Waals surface area (Å²) in [5.74, 6) is 1.69. The van der Waals surface area contributed by atoms with Gasteiger partial charge < -0.3 is 10.5 Å². The van der Waals surface area contributed by atoms with E-state index in [2.05, 4.69) is 6.92 Å². The van der Waals surface area contributed by atoms with Crippen molar-refractivity contribution in [2.75, 3.05) is 13.2 Å².